The van der Waals surface area contributed by atoms with E-state index in [1.165, 1.54) is 17.4 Å². The van der Waals surface area contributed by atoms with Crippen LogP contribution in [0.5, 0.6) is 0 Å². The van der Waals surface area contributed by atoms with Gasteiger partial charge in [-0.1, -0.05) is 0 Å². The molecule has 0 aliphatic carbocycles. The summed E-state index contributed by atoms with van der Waals surface area (Å²) in [6.07, 6.45) is 3.39. The SMILES string of the molecule is O=C(O)C1CCN(C(=O)c2cnc[nH]2)C1. The Balaban J connectivity index is 2.02. The summed E-state index contributed by atoms with van der Waals surface area (Å²) in [6, 6.07) is 0. The summed E-state index contributed by atoms with van der Waals surface area (Å²) < 4.78 is 0. The Morgan fingerprint density at radius 3 is 2.93 bits per heavy atom. The molecule has 0 saturated carbocycles. The number of carbonyl (C=O) groups excluding carboxylic acids is 1. The highest BCUT2D eigenvalue weighted by Gasteiger charge is 2.31. The molecule has 6 nitrogen and oxygen atoms in total. The fraction of sp³-hybridized carbons (Fsp3) is 0.444. The van der Waals surface area contributed by atoms with E-state index in [2.05, 4.69) is 9.97 Å². The quantitative estimate of drug-likeness (QED) is 0.715. The maximum Gasteiger partial charge on any atom is 0.308 e. The first-order valence-corrected chi connectivity index (χ1v) is 4.69. The highest BCUT2D eigenvalue weighted by molar-refractivity contribution is 5.92. The van der Waals surface area contributed by atoms with Crippen LogP contribution < -0.4 is 0 Å². The van der Waals surface area contributed by atoms with Crippen molar-refractivity contribution in [3.63, 3.8) is 0 Å². The second-order valence-corrected chi connectivity index (χ2v) is 3.54. The van der Waals surface area contributed by atoms with Crippen LogP contribution in [0.2, 0.25) is 0 Å². The van der Waals surface area contributed by atoms with Gasteiger partial charge >= 0.3 is 5.97 Å². The summed E-state index contributed by atoms with van der Waals surface area (Å²) >= 11 is 0. The molecule has 2 rings (SSSR count). The van der Waals surface area contributed by atoms with Crippen molar-refractivity contribution < 1.29 is 14.7 Å². The largest absolute Gasteiger partial charge is 0.481 e. The van der Waals surface area contributed by atoms with E-state index < -0.39 is 11.9 Å². The van der Waals surface area contributed by atoms with Gasteiger partial charge in [0.25, 0.3) is 5.91 Å². The number of hydrogen-bond donors (Lipinski definition) is 2. The minimum Gasteiger partial charge on any atom is -0.481 e. The van der Waals surface area contributed by atoms with Crippen molar-refractivity contribution in [2.75, 3.05) is 13.1 Å². The minimum absolute atomic E-state index is 0.184. The Bertz CT molecular complexity index is 374. The molecule has 1 aromatic heterocycles. The van der Waals surface area contributed by atoms with E-state index in [1.807, 2.05) is 0 Å². The smallest absolute Gasteiger partial charge is 0.308 e. The highest BCUT2D eigenvalue weighted by Crippen LogP contribution is 2.17. The predicted octanol–water partition coefficient (Wildman–Crippen LogP) is -0.0436. The molecular formula is C9H11N3O3. The molecule has 1 saturated heterocycles. The molecule has 1 amide bonds. The van der Waals surface area contributed by atoms with Crippen molar-refractivity contribution in [2.45, 2.75) is 6.42 Å². The number of carbonyl (C=O) groups is 2. The summed E-state index contributed by atoms with van der Waals surface area (Å²) in [6.45, 7) is 0.780. The number of aromatic nitrogens is 2. The number of rotatable bonds is 2. The average molecular weight is 209 g/mol. The lowest BCUT2D eigenvalue weighted by atomic mass is 10.1. The van der Waals surface area contributed by atoms with Gasteiger partial charge in [0.15, 0.2) is 0 Å². The van der Waals surface area contributed by atoms with Gasteiger partial charge in [-0.05, 0) is 6.42 Å². The number of amides is 1. The fourth-order valence-corrected chi connectivity index (χ4v) is 1.69. The Morgan fingerprint density at radius 1 is 1.60 bits per heavy atom. The topological polar surface area (TPSA) is 86.3 Å². The Hall–Kier alpha value is -1.85. The van der Waals surface area contributed by atoms with Gasteiger partial charge < -0.3 is 15.0 Å². The van der Waals surface area contributed by atoms with E-state index >= 15 is 0 Å². The number of hydrogen-bond acceptors (Lipinski definition) is 3. The van der Waals surface area contributed by atoms with Crippen molar-refractivity contribution in [2.24, 2.45) is 5.92 Å². The number of likely N-dealkylation sites (tertiary alicyclic amines) is 1. The summed E-state index contributed by atoms with van der Waals surface area (Å²) in [4.78, 5) is 30.4. The molecular weight excluding hydrogens is 198 g/mol. The number of H-pyrrole nitrogens is 1. The number of aromatic amines is 1. The number of carboxylic acids is 1. The Kier molecular flexibility index (Phi) is 2.40. The van der Waals surface area contributed by atoms with Crippen molar-refractivity contribution in [3.05, 3.63) is 18.2 Å². The molecule has 80 valence electrons. The first kappa shape index (κ1) is 9.70. The van der Waals surface area contributed by atoms with Crippen molar-refractivity contribution in [3.8, 4) is 0 Å². The summed E-state index contributed by atoms with van der Waals surface area (Å²) in [5.74, 6) is -1.46. The van der Waals surface area contributed by atoms with Crippen molar-refractivity contribution >= 4 is 11.9 Å². The lowest BCUT2D eigenvalue weighted by Crippen LogP contribution is -2.30. The zero-order chi connectivity index (χ0) is 10.8. The van der Waals surface area contributed by atoms with Gasteiger partial charge in [-0.15, -0.1) is 0 Å². The van der Waals surface area contributed by atoms with Gasteiger partial charge in [0.05, 0.1) is 18.4 Å². The lowest BCUT2D eigenvalue weighted by Gasteiger charge is -2.13. The second kappa shape index (κ2) is 3.72. The highest BCUT2D eigenvalue weighted by atomic mass is 16.4. The summed E-state index contributed by atoms with van der Waals surface area (Å²) in [5.41, 5.74) is 0.404. The van der Waals surface area contributed by atoms with Gasteiger partial charge in [0.2, 0.25) is 0 Å². The van der Waals surface area contributed by atoms with E-state index in [9.17, 15) is 9.59 Å². The van der Waals surface area contributed by atoms with E-state index in [0.717, 1.165) is 0 Å². The predicted molar refractivity (Wildman–Crippen MR) is 50.2 cm³/mol. The molecule has 2 heterocycles. The molecule has 1 atom stereocenters. The van der Waals surface area contributed by atoms with Crippen LogP contribution >= 0.6 is 0 Å². The normalized spacial score (nSPS) is 20.5. The van der Waals surface area contributed by atoms with Gasteiger partial charge in [0, 0.05) is 13.1 Å². The maximum absolute atomic E-state index is 11.7. The van der Waals surface area contributed by atoms with E-state index in [0.29, 0.717) is 18.7 Å². The standard InChI is InChI=1S/C9H11N3O3/c13-8(7-3-10-5-11-7)12-2-1-6(4-12)9(14)15/h3,5-6H,1-2,4H2,(H,10,11)(H,14,15). The molecule has 0 radical (unpaired) electrons. The molecule has 1 unspecified atom stereocenters. The van der Waals surface area contributed by atoms with Gasteiger partial charge in [-0.3, -0.25) is 9.59 Å². The van der Waals surface area contributed by atoms with Crippen LogP contribution in [0.1, 0.15) is 16.9 Å². The fourth-order valence-electron chi connectivity index (χ4n) is 1.69. The molecule has 2 N–H and O–H groups in total. The van der Waals surface area contributed by atoms with Crippen molar-refractivity contribution in [1.82, 2.24) is 14.9 Å². The van der Waals surface area contributed by atoms with Gasteiger partial charge in [0.1, 0.15) is 5.69 Å². The van der Waals surface area contributed by atoms with Crippen LogP contribution in [0.25, 0.3) is 0 Å². The second-order valence-electron chi connectivity index (χ2n) is 3.54. The van der Waals surface area contributed by atoms with Crippen LogP contribution in [0.15, 0.2) is 12.5 Å². The van der Waals surface area contributed by atoms with Crippen LogP contribution in [0.4, 0.5) is 0 Å². The molecule has 6 heteroatoms. The third kappa shape index (κ3) is 1.83. The Labute approximate surface area is 85.9 Å². The molecule has 0 spiro atoms. The number of nitrogens with zero attached hydrogens (tertiary/aromatic N) is 2. The molecule has 0 bridgehead atoms. The first-order chi connectivity index (χ1) is 7.18. The van der Waals surface area contributed by atoms with Gasteiger partial charge in [-0.25, -0.2) is 4.98 Å². The van der Waals surface area contributed by atoms with Crippen LogP contribution in [-0.2, 0) is 4.79 Å². The lowest BCUT2D eigenvalue weighted by molar-refractivity contribution is -0.141. The number of nitrogens with one attached hydrogen (secondary N) is 1. The number of imidazole rings is 1. The molecule has 15 heavy (non-hydrogen) atoms. The van der Waals surface area contributed by atoms with E-state index in [4.69, 9.17) is 5.11 Å². The zero-order valence-electron chi connectivity index (χ0n) is 8.01. The third-order valence-electron chi connectivity index (χ3n) is 2.55. The van der Waals surface area contributed by atoms with Crippen LogP contribution in [-0.4, -0.2) is 44.9 Å². The maximum atomic E-state index is 11.7. The van der Waals surface area contributed by atoms with Crippen LogP contribution in [0, 0.1) is 5.92 Å². The average Bonchev–Trinajstić information content (AvgIpc) is 2.88. The monoisotopic (exact) mass is 209 g/mol. The van der Waals surface area contributed by atoms with Crippen LogP contribution in [0.3, 0.4) is 0 Å². The summed E-state index contributed by atoms with van der Waals surface area (Å²) in [5, 5.41) is 8.79. The van der Waals surface area contributed by atoms with E-state index in [1.54, 1.807) is 0 Å². The summed E-state index contributed by atoms with van der Waals surface area (Å²) in [7, 11) is 0. The Morgan fingerprint density at radius 2 is 2.40 bits per heavy atom. The number of aliphatic carboxylic acids is 1. The van der Waals surface area contributed by atoms with E-state index in [-0.39, 0.29) is 12.5 Å². The van der Waals surface area contributed by atoms with Crippen molar-refractivity contribution in [1.29, 1.82) is 0 Å². The molecule has 1 aliphatic rings. The molecule has 1 aromatic rings. The zero-order valence-corrected chi connectivity index (χ0v) is 8.01. The number of carboxylic acid groups (broad SMARTS) is 1. The third-order valence-corrected chi connectivity index (χ3v) is 2.55. The molecule has 0 aromatic carbocycles. The molecule has 1 fully saturated rings. The van der Waals surface area contributed by atoms with Gasteiger partial charge in [-0.2, -0.15) is 0 Å². The first-order valence-electron chi connectivity index (χ1n) is 4.69. The minimum atomic E-state index is -0.838. The molecule has 1 aliphatic heterocycles.